The highest BCUT2D eigenvalue weighted by Crippen LogP contribution is 2.38. The van der Waals surface area contributed by atoms with Crippen LogP contribution < -0.4 is 5.11 Å². The molecule has 0 spiro atoms. The van der Waals surface area contributed by atoms with Crippen molar-refractivity contribution in [2.75, 3.05) is 0 Å². The average molecular weight is 236 g/mol. The molecule has 0 bridgehead atoms. The van der Waals surface area contributed by atoms with Crippen LogP contribution in [0.3, 0.4) is 0 Å². The SMILES string of the molecule is [O-]c1ccccc1SSBr. The van der Waals surface area contributed by atoms with Crippen molar-refractivity contribution in [3.05, 3.63) is 24.3 Å². The predicted octanol–water partition coefficient (Wildman–Crippen LogP) is 2.81. The molecule has 1 rings (SSSR count). The van der Waals surface area contributed by atoms with Crippen LogP contribution in [0.5, 0.6) is 5.75 Å². The molecule has 1 aromatic rings. The molecular formula is C6H4BrOS2-. The number of rotatable bonds is 2. The lowest BCUT2D eigenvalue weighted by atomic mass is 10.3. The van der Waals surface area contributed by atoms with Crippen molar-refractivity contribution in [3.8, 4) is 5.75 Å². The molecule has 0 aliphatic carbocycles. The molecule has 0 N–H and O–H groups in total. The summed E-state index contributed by atoms with van der Waals surface area (Å²) in [6, 6.07) is 6.96. The van der Waals surface area contributed by atoms with Gasteiger partial charge in [-0.3, -0.25) is 0 Å². The zero-order valence-corrected chi connectivity index (χ0v) is 8.13. The van der Waals surface area contributed by atoms with Gasteiger partial charge in [0, 0.05) is 19.7 Å². The second-order valence-electron chi connectivity index (χ2n) is 1.59. The van der Waals surface area contributed by atoms with E-state index in [2.05, 4.69) is 14.8 Å². The fourth-order valence-corrected chi connectivity index (χ4v) is 2.80. The van der Waals surface area contributed by atoms with Crippen molar-refractivity contribution < 1.29 is 5.11 Å². The third-order valence-electron chi connectivity index (χ3n) is 0.970. The van der Waals surface area contributed by atoms with Crippen molar-refractivity contribution in [2.45, 2.75) is 4.90 Å². The van der Waals surface area contributed by atoms with Gasteiger partial charge in [-0.25, -0.2) is 0 Å². The number of para-hydroxylation sites is 1. The summed E-state index contributed by atoms with van der Waals surface area (Å²) in [5.74, 6) is 0.0828. The number of hydrogen-bond donors (Lipinski definition) is 0. The lowest BCUT2D eigenvalue weighted by molar-refractivity contribution is -0.272. The standard InChI is InChI=1S/C6H5BrOS2/c7-10-9-6-4-2-1-3-5(6)8/h1-4,8H/p-1. The Labute approximate surface area is 74.8 Å². The average Bonchev–Trinajstić information content (AvgIpc) is 1.94. The summed E-state index contributed by atoms with van der Waals surface area (Å²) in [6.45, 7) is 0. The fourth-order valence-electron chi connectivity index (χ4n) is 0.553. The van der Waals surface area contributed by atoms with Gasteiger partial charge >= 0.3 is 0 Å². The molecule has 0 saturated carbocycles. The van der Waals surface area contributed by atoms with Gasteiger partial charge in [-0.1, -0.05) is 23.9 Å². The Bertz CT molecular complexity index is 217. The van der Waals surface area contributed by atoms with Crippen LogP contribution in [-0.2, 0) is 0 Å². The highest BCUT2D eigenvalue weighted by atomic mass is 79.9. The molecule has 0 aliphatic heterocycles. The molecule has 10 heavy (non-hydrogen) atoms. The zero-order valence-electron chi connectivity index (χ0n) is 4.91. The summed E-state index contributed by atoms with van der Waals surface area (Å²) in [5.41, 5.74) is 0. The number of hydrogen-bond acceptors (Lipinski definition) is 3. The molecule has 0 fully saturated rings. The third-order valence-corrected chi connectivity index (χ3v) is 3.47. The van der Waals surface area contributed by atoms with E-state index in [0.29, 0.717) is 0 Å². The van der Waals surface area contributed by atoms with E-state index in [-0.39, 0.29) is 5.75 Å². The Morgan fingerprint density at radius 2 is 2.00 bits per heavy atom. The first-order chi connectivity index (χ1) is 4.84. The highest BCUT2D eigenvalue weighted by molar-refractivity contribution is 9.60. The topological polar surface area (TPSA) is 23.1 Å². The quantitative estimate of drug-likeness (QED) is 0.737. The Balaban J connectivity index is 2.81. The fraction of sp³-hybridized carbons (Fsp3) is 0. The van der Waals surface area contributed by atoms with Gasteiger partial charge < -0.3 is 5.11 Å². The molecule has 0 atom stereocenters. The van der Waals surface area contributed by atoms with E-state index in [1.807, 2.05) is 6.07 Å². The van der Waals surface area contributed by atoms with Gasteiger partial charge in [0.1, 0.15) is 0 Å². The maximum atomic E-state index is 11.0. The van der Waals surface area contributed by atoms with Gasteiger partial charge in [-0.05, 0) is 26.1 Å². The van der Waals surface area contributed by atoms with Crippen LogP contribution in [0.2, 0.25) is 0 Å². The van der Waals surface area contributed by atoms with E-state index in [1.54, 1.807) is 18.2 Å². The summed E-state index contributed by atoms with van der Waals surface area (Å²) >= 11 is 3.16. The van der Waals surface area contributed by atoms with Crippen LogP contribution in [0.1, 0.15) is 0 Å². The second kappa shape index (κ2) is 4.16. The minimum Gasteiger partial charge on any atom is -0.872 e. The minimum atomic E-state index is 0.0828. The van der Waals surface area contributed by atoms with E-state index in [0.717, 1.165) is 4.90 Å². The van der Waals surface area contributed by atoms with Crippen LogP contribution in [0, 0.1) is 0 Å². The van der Waals surface area contributed by atoms with E-state index in [9.17, 15) is 5.11 Å². The van der Waals surface area contributed by atoms with Crippen LogP contribution in [-0.4, -0.2) is 0 Å². The van der Waals surface area contributed by atoms with Crippen molar-refractivity contribution in [2.24, 2.45) is 0 Å². The molecule has 0 aliphatic rings. The molecule has 0 heterocycles. The lowest BCUT2D eigenvalue weighted by Gasteiger charge is -2.08. The van der Waals surface area contributed by atoms with E-state index in [1.165, 1.54) is 20.0 Å². The summed E-state index contributed by atoms with van der Waals surface area (Å²) in [6.07, 6.45) is 0. The van der Waals surface area contributed by atoms with E-state index >= 15 is 0 Å². The zero-order chi connectivity index (χ0) is 7.40. The van der Waals surface area contributed by atoms with Crippen molar-refractivity contribution in [3.63, 3.8) is 0 Å². The molecular weight excluding hydrogens is 232 g/mol. The molecule has 0 radical (unpaired) electrons. The van der Waals surface area contributed by atoms with Crippen LogP contribution in [0.4, 0.5) is 0 Å². The molecule has 0 saturated heterocycles. The first kappa shape index (κ1) is 8.30. The lowest BCUT2D eigenvalue weighted by Crippen LogP contribution is -1.89. The van der Waals surface area contributed by atoms with Gasteiger partial charge in [0.05, 0.1) is 0 Å². The molecule has 1 aromatic carbocycles. The van der Waals surface area contributed by atoms with Crippen LogP contribution in [0.25, 0.3) is 0 Å². The maximum Gasteiger partial charge on any atom is 0.0112 e. The largest absolute Gasteiger partial charge is 0.872 e. The first-order valence-electron chi connectivity index (χ1n) is 2.56. The number of halogens is 1. The highest BCUT2D eigenvalue weighted by Gasteiger charge is 1.90. The van der Waals surface area contributed by atoms with Gasteiger partial charge in [0.15, 0.2) is 0 Å². The molecule has 0 amide bonds. The molecule has 0 aromatic heterocycles. The van der Waals surface area contributed by atoms with Gasteiger partial charge in [-0.2, -0.15) is 0 Å². The summed E-state index contributed by atoms with van der Waals surface area (Å²) < 4.78 is 0. The molecule has 54 valence electrons. The Hall–Kier alpha value is 0.200. The summed E-state index contributed by atoms with van der Waals surface area (Å²) in [4.78, 5) is 0.768. The summed E-state index contributed by atoms with van der Waals surface area (Å²) in [5, 5.41) is 11.0. The molecule has 4 heteroatoms. The normalized spacial score (nSPS) is 9.70. The Kier molecular flexibility index (Phi) is 3.45. The van der Waals surface area contributed by atoms with Crippen LogP contribution >= 0.6 is 34.8 Å². The monoisotopic (exact) mass is 235 g/mol. The minimum absolute atomic E-state index is 0.0828. The summed E-state index contributed by atoms with van der Waals surface area (Å²) in [7, 11) is 2.82. The van der Waals surface area contributed by atoms with Crippen molar-refractivity contribution in [1.29, 1.82) is 0 Å². The van der Waals surface area contributed by atoms with Crippen LogP contribution in [0.15, 0.2) is 29.2 Å². The van der Waals surface area contributed by atoms with Gasteiger partial charge in [0.2, 0.25) is 0 Å². The maximum absolute atomic E-state index is 11.0. The van der Waals surface area contributed by atoms with E-state index in [4.69, 9.17) is 0 Å². The second-order valence-corrected chi connectivity index (χ2v) is 5.58. The third kappa shape index (κ3) is 2.11. The Morgan fingerprint density at radius 1 is 1.30 bits per heavy atom. The smallest absolute Gasteiger partial charge is 0.0112 e. The first-order valence-corrected chi connectivity index (χ1v) is 6.55. The molecule has 0 unspecified atom stereocenters. The Morgan fingerprint density at radius 3 is 2.60 bits per heavy atom. The van der Waals surface area contributed by atoms with Gasteiger partial charge in [0.25, 0.3) is 0 Å². The van der Waals surface area contributed by atoms with Crippen molar-refractivity contribution in [1.82, 2.24) is 0 Å². The molecule has 1 nitrogen and oxygen atoms in total. The van der Waals surface area contributed by atoms with Crippen molar-refractivity contribution >= 4 is 34.8 Å². The van der Waals surface area contributed by atoms with Gasteiger partial charge in [-0.15, -0.1) is 0 Å². The number of benzene rings is 1. The predicted molar refractivity (Wildman–Crippen MR) is 48.3 cm³/mol. The van der Waals surface area contributed by atoms with E-state index < -0.39 is 0 Å².